The SMILES string of the molecule is Cc1cccc(NC(=O)c2ccc3cn[nH]c3c2)n1. The summed E-state index contributed by atoms with van der Waals surface area (Å²) >= 11 is 0. The van der Waals surface area contributed by atoms with E-state index in [4.69, 9.17) is 0 Å². The second-order valence-electron chi connectivity index (χ2n) is 4.29. The first-order chi connectivity index (χ1) is 9.22. The van der Waals surface area contributed by atoms with Gasteiger partial charge in [0.15, 0.2) is 0 Å². The first-order valence-electron chi connectivity index (χ1n) is 5.90. The van der Waals surface area contributed by atoms with Gasteiger partial charge in [-0.1, -0.05) is 12.1 Å². The van der Waals surface area contributed by atoms with Crippen LogP contribution in [0.4, 0.5) is 5.82 Å². The van der Waals surface area contributed by atoms with Gasteiger partial charge in [-0.05, 0) is 31.2 Å². The number of amides is 1. The van der Waals surface area contributed by atoms with E-state index >= 15 is 0 Å². The third-order valence-corrected chi connectivity index (χ3v) is 2.83. The number of anilines is 1. The monoisotopic (exact) mass is 252 g/mol. The molecule has 1 aromatic carbocycles. The summed E-state index contributed by atoms with van der Waals surface area (Å²) in [6.45, 7) is 1.88. The van der Waals surface area contributed by atoms with Gasteiger partial charge in [-0.15, -0.1) is 0 Å². The molecule has 94 valence electrons. The van der Waals surface area contributed by atoms with Gasteiger partial charge in [-0.3, -0.25) is 9.89 Å². The highest BCUT2D eigenvalue weighted by Gasteiger charge is 2.08. The minimum Gasteiger partial charge on any atom is -0.307 e. The van der Waals surface area contributed by atoms with Crippen LogP contribution in [0.3, 0.4) is 0 Å². The molecule has 0 unspecified atom stereocenters. The zero-order valence-corrected chi connectivity index (χ0v) is 10.3. The van der Waals surface area contributed by atoms with Gasteiger partial charge in [-0.2, -0.15) is 5.10 Å². The third-order valence-electron chi connectivity index (χ3n) is 2.83. The number of carbonyl (C=O) groups excluding carboxylic acids is 1. The molecule has 0 aliphatic carbocycles. The summed E-state index contributed by atoms with van der Waals surface area (Å²) in [5, 5.41) is 10.5. The number of hydrogen-bond donors (Lipinski definition) is 2. The topological polar surface area (TPSA) is 70.7 Å². The number of aryl methyl sites for hydroxylation is 1. The molecule has 0 radical (unpaired) electrons. The minimum atomic E-state index is -0.186. The molecule has 5 heteroatoms. The zero-order chi connectivity index (χ0) is 13.2. The highest BCUT2D eigenvalue weighted by atomic mass is 16.1. The number of carbonyl (C=O) groups is 1. The van der Waals surface area contributed by atoms with Crippen molar-refractivity contribution in [2.75, 3.05) is 5.32 Å². The Hall–Kier alpha value is -2.69. The van der Waals surface area contributed by atoms with Crippen LogP contribution in [0.1, 0.15) is 16.1 Å². The van der Waals surface area contributed by atoms with E-state index in [1.54, 1.807) is 24.4 Å². The van der Waals surface area contributed by atoms with Crippen LogP contribution in [0.15, 0.2) is 42.6 Å². The predicted octanol–water partition coefficient (Wildman–Crippen LogP) is 2.52. The van der Waals surface area contributed by atoms with E-state index in [0.717, 1.165) is 16.6 Å². The molecule has 19 heavy (non-hydrogen) atoms. The van der Waals surface area contributed by atoms with Crippen LogP contribution in [0, 0.1) is 6.92 Å². The lowest BCUT2D eigenvalue weighted by Gasteiger charge is -2.05. The lowest BCUT2D eigenvalue weighted by molar-refractivity contribution is 0.102. The number of H-pyrrole nitrogens is 1. The van der Waals surface area contributed by atoms with Crippen molar-refractivity contribution in [3.8, 4) is 0 Å². The molecule has 0 saturated heterocycles. The number of pyridine rings is 1. The van der Waals surface area contributed by atoms with E-state index in [-0.39, 0.29) is 5.91 Å². The summed E-state index contributed by atoms with van der Waals surface area (Å²) in [6.07, 6.45) is 1.72. The Kier molecular flexibility index (Phi) is 2.72. The number of fused-ring (bicyclic) bond motifs is 1. The molecule has 2 N–H and O–H groups in total. The van der Waals surface area contributed by atoms with Crippen LogP contribution >= 0.6 is 0 Å². The Labute approximate surface area is 109 Å². The quantitative estimate of drug-likeness (QED) is 0.736. The number of hydrogen-bond acceptors (Lipinski definition) is 3. The molecule has 5 nitrogen and oxygen atoms in total. The van der Waals surface area contributed by atoms with Crippen molar-refractivity contribution in [1.29, 1.82) is 0 Å². The highest BCUT2D eigenvalue weighted by molar-refractivity contribution is 6.05. The van der Waals surface area contributed by atoms with Crippen LogP contribution in [-0.4, -0.2) is 21.1 Å². The maximum Gasteiger partial charge on any atom is 0.256 e. The molecule has 0 fully saturated rings. The first-order valence-corrected chi connectivity index (χ1v) is 5.90. The van der Waals surface area contributed by atoms with Crippen molar-refractivity contribution < 1.29 is 4.79 Å². The third kappa shape index (κ3) is 2.30. The number of rotatable bonds is 2. The minimum absolute atomic E-state index is 0.186. The van der Waals surface area contributed by atoms with Crippen molar-refractivity contribution in [2.45, 2.75) is 6.92 Å². The van der Waals surface area contributed by atoms with Crippen LogP contribution in [-0.2, 0) is 0 Å². The van der Waals surface area contributed by atoms with Crippen molar-refractivity contribution in [1.82, 2.24) is 15.2 Å². The molecule has 0 saturated carbocycles. The number of nitrogens with zero attached hydrogens (tertiary/aromatic N) is 2. The normalized spacial score (nSPS) is 10.6. The van der Waals surface area contributed by atoms with E-state index in [2.05, 4.69) is 20.5 Å². The molecule has 0 spiro atoms. The summed E-state index contributed by atoms with van der Waals surface area (Å²) in [5.41, 5.74) is 2.27. The summed E-state index contributed by atoms with van der Waals surface area (Å²) < 4.78 is 0. The van der Waals surface area contributed by atoms with Crippen LogP contribution in [0.5, 0.6) is 0 Å². The summed E-state index contributed by atoms with van der Waals surface area (Å²) in [7, 11) is 0. The number of aromatic amines is 1. The largest absolute Gasteiger partial charge is 0.307 e. The molecular weight excluding hydrogens is 240 g/mol. The maximum absolute atomic E-state index is 12.1. The number of benzene rings is 1. The molecule has 0 aliphatic heterocycles. The summed E-state index contributed by atoms with van der Waals surface area (Å²) in [6, 6.07) is 10.9. The average Bonchev–Trinajstić information content (AvgIpc) is 2.85. The smallest absolute Gasteiger partial charge is 0.256 e. The van der Waals surface area contributed by atoms with E-state index in [9.17, 15) is 4.79 Å². The van der Waals surface area contributed by atoms with Gasteiger partial charge < -0.3 is 5.32 Å². The lowest BCUT2D eigenvalue weighted by atomic mass is 10.1. The summed E-state index contributed by atoms with van der Waals surface area (Å²) in [5.74, 6) is 0.365. The fourth-order valence-corrected chi connectivity index (χ4v) is 1.88. The Bertz CT molecular complexity index is 748. The van der Waals surface area contributed by atoms with Crippen molar-refractivity contribution in [3.05, 3.63) is 53.9 Å². The molecule has 0 aliphatic rings. The van der Waals surface area contributed by atoms with Gasteiger partial charge in [0.25, 0.3) is 5.91 Å². The van der Waals surface area contributed by atoms with Crippen molar-refractivity contribution in [2.24, 2.45) is 0 Å². The maximum atomic E-state index is 12.1. The molecular formula is C14H12N4O. The molecule has 0 atom stereocenters. The molecule has 2 aromatic heterocycles. The van der Waals surface area contributed by atoms with Gasteiger partial charge >= 0.3 is 0 Å². The Morgan fingerprint density at radius 3 is 3.00 bits per heavy atom. The molecule has 3 rings (SSSR count). The molecule has 3 aromatic rings. The second kappa shape index (κ2) is 4.53. The van der Waals surface area contributed by atoms with Crippen molar-refractivity contribution in [3.63, 3.8) is 0 Å². The van der Waals surface area contributed by atoms with E-state index in [0.29, 0.717) is 11.4 Å². The first kappa shape index (κ1) is 11.4. The second-order valence-corrected chi connectivity index (χ2v) is 4.29. The van der Waals surface area contributed by atoms with Crippen LogP contribution < -0.4 is 5.32 Å². The summed E-state index contributed by atoms with van der Waals surface area (Å²) in [4.78, 5) is 16.3. The number of nitrogens with one attached hydrogen (secondary N) is 2. The number of aromatic nitrogens is 3. The fourth-order valence-electron chi connectivity index (χ4n) is 1.88. The average molecular weight is 252 g/mol. The van der Waals surface area contributed by atoms with E-state index < -0.39 is 0 Å². The van der Waals surface area contributed by atoms with Gasteiger partial charge in [0.05, 0.1) is 11.7 Å². The fraction of sp³-hybridized carbons (Fsp3) is 0.0714. The highest BCUT2D eigenvalue weighted by Crippen LogP contribution is 2.14. The molecule has 2 heterocycles. The molecule has 0 bridgehead atoms. The van der Waals surface area contributed by atoms with Gasteiger partial charge in [0.2, 0.25) is 0 Å². The van der Waals surface area contributed by atoms with Crippen LogP contribution in [0.25, 0.3) is 10.9 Å². The van der Waals surface area contributed by atoms with Crippen LogP contribution in [0.2, 0.25) is 0 Å². The van der Waals surface area contributed by atoms with Gasteiger partial charge in [-0.25, -0.2) is 4.98 Å². The van der Waals surface area contributed by atoms with Gasteiger partial charge in [0.1, 0.15) is 5.82 Å². The van der Waals surface area contributed by atoms with E-state index in [1.165, 1.54) is 0 Å². The Balaban J connectivity index is 1.87. The Morgan fingerprint density at radius 2 is 2.16 bits per heavy atom. The lowest BCUT2D eigenvalue weighted by Crippen LogP contribution is -2.13. The van der Waals surface area contributed by atoms with E-state index in [1.807, 2.05) is 25.1 Å². The standard InChI is InChI=1S/C14H12N4O/c1-9-3-2-4-13(16-9)17-14(19)10-5-6-11-8-15-18-12(11)7-10/h2-8H,1H3,(H,15,18)(H,16,17,19). The van der Waals surface area contributed by atoms with Gasteiger partial charge in [0, 0.05) is 16.6 Å². The molecule has 1 amide bonds. The van der Waals surface area contributed by atoms with Crippen molar-refractivity contribution >= 4 is 22.6 Å². The predicted molar refractivity (Wildman–Crippen MR) is 73.0 cm³/mol. The zero-order valence-electron chi connectivity index (χ0n) is 10.3. The Morgan fingerprint density at radius 1 is 1.26 bits per heavy atom.